The quantitative estimate of drug-likeness (QED) is 0.866. The second-order valence-electron chi connectivity index (χ2n) is 4.91. The predicted molar refractivity (Wildman–Crippen MR) is 75.1 cm³/mol. The van der Waals surface area contributed by atoms with Gasteiger partial charge in [0.15, 0.2) is 0 Å². The van der Waals surface area contributed by atoms with Crippen LogP contribution in [0.5, 0.6) is 5.75 Å². The molecule has 0 amide bonds. The molecule has 3 rings (SSSR count). The maximum absolute atomic E-state index is 5.57. The van der Waals surface area contributed by atoms with E-state index in [9.17, 15) is 0 Å². The third-order valence-corrected chi connectivity index (χ3v) is 3.81. The summed E-state index contributed by atoms with van der Waals surface area (Å²) in [5.74, 6) is 1.01. The van der Waals surface area contributed by atoms with E-state index in [1.54, 1.807) is 7.11 Å². The van der Waals surface area contributed by atoms with Gasteiger partial charge >= 0.3 is 0 Å². The molecular formula is C16H19NO. The first kappa shape index (κ1) is 11.5. The van der Waals surface area contributed by atoms with Gasteiger partial charge in [-0.15, -0.1) is 0 Å². The summed E-state index contributed by atoms with van der Waals surface area (Å²) in [6.07, 6.45) is 3.78. The van der Waals surface area contributed by atoms with Crippen LogP contribution in [0, 0.1) is 0 Å². The standard InChI is InChI=1S/C16H19NO/c1-18-15-10-9-12-6-2-3-7-13(12)16(15)14-8-4-5-11-17-14/h2-3,6-7,9-10,14,17H,4-5,8,11H2,1H3/t14-/m1/s1. The van der Waals surface area contributed by atoms with E-state index in [0.717, 1.165) is 12.3 Å². The maximum atomic E-state index is 5.57. The molecule has 0 radical (unpaired) electrons. The van der Waals surface area contributed by atoms with Crippen molar-refractivity contribution in [1.29, 1.82) is 0 Å². The number of methoxy groups -OCH3 is 1. The molecule has 18 heavy (non-hydrogen) atoms. The highest BCUT2D eigenvalue weighted by atomic mass is 16.5. The normalized spacial score (nSPS) is 19.9. The Morgan fingerprint density at radius 1 is 1.11 bits per heavy atom. The Kier molecular flexibility index (Phi) is 3.20. The molecule has 2 aromatic carbocycles. The summed E-state index contributed by atoms with van der Waals surface area (Å²) in [7, 11) is 1.76. The second kappa shape index (κ2) is 4.99. The fraction of sp³-hybridized carbons (Fsp3) is 0.375. The van der Waals surface area contributed by atoms with E-state index in [2.05, 4.69) is 41.7 Å². The topological polar surface area (TPSA) is 21.3 Å². The van der Waals surface area contributed by atoms with Gasteiger partial charge in [-0.1, -0.05) is 36.8 Å². The molecule has 0 unspecified atom stereocenters. The van der Waals surface area contributed by atoms with Crippen molar-refractivity contribution in [3.63, 3.8) is 0 Å². The average molecular weight is 241 g/mol. The van der Waals surface area contributed by atoms with Crippen LogP contribution in [0.25, 0.3) is 10.8 Å². The zero-order chi connectivity index (χ0) is 12.4. The minimum Gasteiger partial charge on any atom is -0.496 e. The average Bonchev–Trinajstić information content (AvgIpc) is 2.47. The van der Waals surface area contributed by atoms with E-state index >= 15 is 0 Å². The van der Waals surface area contributed by atoms with Crippen molar-refractivity contribution < 1.29 is 4.74 Å². The molecule has 0 aromatic heterocycles. The molecule has 2 nitrogen and oxygen atoms in total. The fourth-order valence-electron chi connectivity index (χ4n) is 2.91. The largest absolute Gasteiger partial charge is 0.496 e. The smallest absolute Gasteiger partial charge is 0.124 e. The minimum absolute atomic E-state index is 0.430. The molecule has 1 N–H and O–H groups in total. The van der Waals surface area contributed by atoms with Crippen LogP contribution in [0.3, 0.4) is 0 Å². The Morgan fingerprint density at radius 3 is 2.78 bits per heavy atom. The number of rotatable bonds is 2. The van der Waals surface area contributed by atoms with E-state index in [1.807, 2.05) is 0 Å². The van der Waals surface area contributed by atoms with Crippen molar-refractivity contribution in [3.8, 4) is 5.75 Å². The summed E-state index contributed by atoms with van der Waals surface area (Å²) in [6, 6.07) is 13.2. The van der Waals surface area contributed by atoms with Gasteiger partial charge in [0.05, 0.1) is 7.11 Å². The Labute approximate surface area is 108 Å². The highest BCUT2D eigenvalue weighted by Crippen LogP contribution is 2.36. The van der Waals surface area contributed by atoms with Gasteiger partial charge in [0.25, 0.3) is 0 Å². The van der Waals surface area contributed by atoms with E-state index < -0.39 is 0 Å². The van der Waals surface area contributed by atoms with Gasteiger partial charge in [-0.2, -0.15) is 0 Å². The number of ether oxygens (including phenoxy) is 1. The fourth-order valence-corrected chi connectivity index (χ4v) is 2.91. The van der Waals surface area contributed by atoms with E-state index in [4.69, 9.17) is 4.74 Å². The van der Waals surface area contributed by atoms with Gasteiger partial charge in [-0.3, -0.25) is 0 Å². The summed E-state index contributed by atoms with van der Waals surface area (Å²) >= 11 is 0. The molecule has 0 bridgehead atoms. The van der Waals surface area contributed by atoms with Crippen LogP contribution < -0.4 is 10.1 Å². The Balaban J connectivity index is 2.16. The van der Waals surface area contributed by atoms with Crippen LogP contribution in [0.4, 0.5) is 0 Å². The number of hydrogen-bond donors (Lipinski definition) is 1. The lowest BCUT2D eigenvalue weighted by Gasteiger charge is -2.26. The van der Waals surface area contributed by atoms with Crippen LogP contribution in [0.15, 0.2) is 36.4 Å². The van der Waals surface area contributed by atoms with Gasteiger partial charge in [-0.05, 0) is 36.2 Å². The van der Waals surface area contributed by atoms with Crippen molar-refractivity contribution in [3.05, 3.63) is 42.0 Å². The lowest BCUT2D eigenvalue weighted by Crippen LogP contribution is -2.27. The second-order valence-corrected chi connectivity index (χ2v) is 4.91. The molecule has 1 aliphatic heterocycles. The molecule has 1 fully saturated rings. The van der Waals surface area contributed by atoms with Gasteiger partial charge in [0.1, 0.15) is 5.75 Å². The summed E-state index contributed by atoms with van der Waals surface area (Å²) in [5.41, 5.74) is 1.33. The molecule has 0 spiro atoms. The number of hydrogen-bond acceptors (Lipinski definition) is 2. The van der Waals surface area contributed by atoms with Crippen molar-refractivity contribution in [2.24, 2.45) is 0 Å². The van der Waals surface area contributed by atoms with Crippen molar-refractivity contribution in [2.45, 2.75) is 25.3 Å². The summed E-state index contributed by atoms with van der Waals surface area (Å²) in [6.45, 7) is 1.11. The summed E-state index contributed by atoms with van der Waals surface area (Å²) < 4.78 is 5.57. The predicted octanol–water partition coefficient (Wildman–Crippen LogP) is 3.66. The maximum Gasteiger partial charge on any atom is 0.124 e. The monoisotopic (exact) mass is 241 g/mol. The first-order chi connectivity index (χ1) is 8.90. The Bertz CT molecular complexity index is 544. The van der Waals surface area contributed by atoms with Gasteiger partial charge in [-0.25, -0.2) is 0 Å². The third-order valence-electron chi connectivity index (χ3n) is 3.81. The summed E-state index contributed by atoms with van der Waals surface area (Å²) in [5, 5.41) is 6.23. The molecule has 2 aromatic rings. The number of fused-ring (bicyclic) bond motifs is 1. The highest BCUT2D eigenvalue weighted by molar-refractivity contribution is 5.88. The first-order valence-electron chi connectivity index (χ1n) is 6.69. The zero-order valence-electron chi connectivity index (χ0n) is 10.8. The lowest BCUT2D eigenvalue weighted by atomic mass is 9.92. The number of nitrogens with one attached hydrogen (secondary N) is 1. The van der Waals surface area contributed by atoms with Crippen molar-refractivity contribution in [1.82, 2.24) is 5.32 Å². The van der Waals surface area contributed by atoms with Crippen LogP contribution >= 0.6 is 0 Å². The third kappa shape index (κ3) is 1.97. The molecule has 94 valence electrons. The molecule has 0 aliphatic carbocycles. The van der Waals surface area contributed by atoms with Crippen molar-refractivity contribution >= 4 is 10.8 Å². The zero-order valence-corrected chi connectivity index (χ0v) is 10.8. The van der Waals surface area contributed by atoms with Crippen LogP contribution in [-0.2, 0) is 0 Å². The van der Waals surface area contributed by atoms with Crippen LogP contribution in [-0.4, -0.2) is 13.7 Å². The first-order valence-corrected chi connectivity index (χ1v) is 6.69. The molecule has 1 heterocycles. The van der Waals surface area contributed by atoms with Gasteiger partial charge < -0.3 is 10.1 Å². The molecule has 1 aliphatic rings. The van der Waals surface area contributed by atoms with E-state index in [0.29, 0.717) is 6.04 Å². The number of piperidine rings is 1. The molecule has 2 heteroatoms. The van der Waals surface area contributed by atoms with Crippen LogP contribution in [0.1, 0.15) is 30.9 Å². The SMILES string of the molecule is COc1ccc2ccccc2c1[C@H]1CCCCN1. The van der Waals surface area contributed by atoms with E-state index in [1.165, 1.54) is 35.6 Å². The molecule has 1 atom stereocenters. The van der Waals surface area contributed by atoms with Crippen molar-refractivity contribution in [2.75, 3.05) is 13.7 Å². The Hall–Kier alpha value is -1.54. The molecular weight excluding hydrogens is 222 g/mol. The van der Waals surface area contributed by atoms with Crippen LogP contribution in [0.2, 0.25) is 0 Å². The Morgan fingerprint density at radius 2 is 2.00 bits per heavy atom. The van der Waals surface area contributed by atoms with E-state index in [-0.39, 0.29) is 0 Å². The van der Waals surface area contributed by atoms with Gasteiger partial charge in [0.2, 0.25) is 0 Å². The molecule has 0 saturated carbocycles. The highest BCUT2D eigenvalue weighted by Gasteiger charge is 2.20. The molecule has 1 saturated heterocycles. The minimum atomic E-state index is 0.430. The number of benzene rings is 2. The van der Waals surface area contributed by atoms with Gasteiger partial charge in [0, 0.05) is 11.6 Å². The lowest BCUT2D eigenvalue weighted by molar-refractivity contribution is 0.376. The summed E-state index contributed by atoms with van der Waals surface area (Å²) in [4.78, 5) is 0.